The van der Waals surface area contributed by atoms with Crippen LogP contribution in [0.4, 0.5) is 0 Å². The second-order valence-electron chi connectivity index (χ2n) is 13.8. The summed E-state index contributed by atoms with van der Waals surface area (Å²) in [7, 11) is 1.60. The van der Waals surface area contributed by atoms with Crippen molar-refractivity contribution in [2.45, 2.75) is 72.6 Å². The molecule has 0 amide bonds. The molecule has 6 rings (SSSR count). The molecule has 0 bridgehead atoms. The maximum Gasteiger partial charge on any atom is 0.307 e. The van der Waals surface area contributed by atoms with E-state index in [2.05, 4.69) is 26.0 Å². The number of carboxylic acids is 1. The molecule has 5 aliphatic rings. The van der Waals surface area contributed by atoms with Gasteiger partial charge in [0.15, 0.2) is 11.5 Å². The van der Waals surface area contributed by atoms with Crippen molar-refractivity contribution in [3.63, 3.8) is 0 Å². The van der Waals surface area contributed by atoms with E-state index in [0.717, 1.165) is 30.4 Å². The normalized spacial score (nSPS) is 32.4. The zero-order valence-corrected chi connectivity index (χ0v) is 26.5. The van der Waals surface area contributed by atoms with E-state index < -0.39 is 29.1 Å². The number of carbonyl (C=O) groups excluding carboxylic acids is 2. The predicted molar refractivity (Wildman–Crippen MR) is 166 cm³/mol. The molecule has 44 heavy (non-hydrogen) atoms. The van der Waals surface area contributed by atoms with Crippen LogP contribution in [0.5, 0.6) is 11.5 Å². The highest BCUT2D eigenvalue weighted by Crippen LogP contribution is 2.60. The van der Waals surface area contributed by atoms with Crippen LogP contribution in [0.3, 0.4) is 0 Å². The number of benzene rings is 1. The van der Waals surface area contributed by atoms with Gasteiger partial charge in [-0.05, 0) is 87.3 Å². The summed E-state index contributed by atoms with van der Waals surface area (Å²) >= 11 is 0. The molecule has 1 aromatic carbocycles. The van der Waals surface area contributed by atoms with Crippen LogP contribution >= 0.6 is 0 Å². The summed E-state index contributed by atoms with van der Waals surface area (Å²) in [4.78, 5) is 41.6. The lowest BCUT2D eigenvalue weighted by Gasteiger charge is -2.53. The van der Waals surface area contributed by atoms with Gasteiger partial charge in [0.2, 0.25) is 5.78 Å². The number of hydrogen-bond acceptors (Lipinski definition) is 6. The number of carbonyl (C=O) groups is 3. The molecule has 1 heterocycles. The van der Waals surface area contributed by atoms with E-state index in [-0.39, 0.29) is 41.2 Å². The van der Waals surface area contributed by atoms with Crippen LogP contribution in [0.2, 0.25) is 0 Å². The Kier molecular flexibility index (Phi) is 7.87. The molecule has 1 aliphatic heterocycles. The molecule has 6 atom stereocenters. The number of ether oxygens (including phenoxy) is 3. The molecule has 7 nitrogen and oxygen atoms in total. The van der Waals surface area contributed by atoms with Crippen molar-refractivity contribution in [1.29, 1.82) is 0 Å². The van der Waals surface area contributed by atoms with E-state index in [1.807, 2.05) is 31.2 Å². The van der Waals surface area contributed by atoms with E-state index in [4.69, 9.17) is 14.2 Å². The Balaban J connectivity index is 1.49. The van der Waals surface area contributed by atoms with E-state index in [9.17, 15) is 19.5 Å². The number of carboxylic acid groups (broad SMARTS) is 1. The molecule has 1 fully saturated rings. The molecule has 1 N–H and O–H groups in total. The minimum atomic E-state index is -1.30. The minimum absolute atomic E-state index is 0.00579. The third-order valence-electron chi connectivity index (χ3n) is 11.2. The number of rotatable bonds is 7. The summed E-state index contributed by atoms with van der Waals surface area (Å²) in [6, 6.07) is 5.67. The SMILES string of the molecule is CCOC1=CC(=O)[C@@]2(C3=CCc4ccc(OC)cc4O3)[C@H](CC3C4CCCC(C)(C)C4=CC[C@@H]3C(=O)O)C(C)=CC[C@H]2C1=O. The topological polar surface area (TPSA) is 99.1 Å². The minimum Gasteiger partial charge on any atom is -0.497 e. The van der Waals surface area contributed by atoms with Crippen molar-refractivity contribution in [3.8, 4) is 11.5 Å². The molecule has 1 saturated carbocycles. The second-order valence-corrected chi connectivity index (χ2v) is 13.8. The van der Waals surface area contributed by atoms with Crippen LogP contribution in [0.15, 0.2) is 65.2 Å². The monoisotopic (exact) mass is 600 g/mol. The Morgan fingerprint density at radius 3 is 2.66 bits per heavy atom. The van der Waals surface area contributed by atoms with Gasteiger partial charge in [0.25, 0.3) is 0 Å². The molecule has 234 valence electrons. The lowest BCUT2D eigenvalue weighted by atomic mass is 9.50. The quantitative estimate of drug-likeness (QED) is 0.336. The second kappa shape index (κ2) is 11.4. The first-order valence-corrected chi connectivity index (χ1v) is 16.1. The summed E-state index contributed by atoms with van der Waals surface area (Å²) in [6.07, 6.45) is 12.6. The van der Waals surface area contributed by atoms with E-state index >= 15 is 0 Å². The fraction of sp³-hybridized carbons (Fsp3) is 0.541. The lowest BCUT2D eigenvalue weighted by Crippen LogP contribution is -2.56. The van der Waals surface area contributed by atoms with Crippen molar-refractivity contribution in [2.75, 3.05) is 13.7 Å². The first-order valence-electron chi connectivity index (χ1n) is 16.1. The van der Waals surface area contributed by atoms with Gasteiger partial charge in [-0.1, -0.05) is 49.6 Å². The molecule has 0 radical (unpaired) electrons. The number of allylic oxidation sites excluding steroid dienone is 8. The number of aliphatic carboxylic acids is 1. The predicted octanol–water partition coefficient (Wildman–Crippen LogP) is 7.02. The van der Waals surface area contributed by atoms with Crippen LogP contribution < -0.4 is 9.47 Å². The number of fused-ring (bicyclic) bond motifs is 3. The van der Waals surface area contributed by atoms with Gasteiger partial charge in [0.1, 0.15) is 22.7 Å². The molecule has 0 aromatic heterocycles. The number of hydrogen-bond donors (Lipinski definition) is 1. The summed E-state index contributed by atoms with van der Waals surface area (Å²) in [5, 5.41) is 10.5. The Hall–Kier alpha value is -3.61. The first kappa shape index (κ1) is 30.4. The van der Waals surface area contributed by atoms with Crippen LogP contribution in [-0.2, 0) is 25.5 Å². The van der Waals surface area contributed by atoms with Crippen molar-refractivity contribution in [1.82, 2.24) is 0 Å². The van der Waals surface area contributed by atoms with Gasteiger partial charge in [0, 0.05) is 24.0 Å². The van der Waals surface area contributed by atoms with Crippen molar-refractivity contribution in [2.24, 2.45) is 40.4 Å². The smallest absolute Gasteiger partial charge is 0.307 e. The van der Waals surface area contributed by atoms with Gasteiger partial charge < -0.3 is 19.3 Å². The highest BCUT2D eigenvalue weighted by atomic mass is 16.5. The van der Waals surface area contributed by atoms with Gasteiger partial charge in [-0.15, -0.1) is 0 Å². The highest BCUT2D eigenvalue weighted by molar-refractivity contribution is 6.13. The standard InChI is InChI=1S/C37H44O7/c1-6-43-31-20-32(38)37(33-16-11-22-10-12-23(42-5)18-30(22)44-33)28(34(31)39)14-9-21(2)29(37)19-26-24-8-7-17-36(3,4)27(24)15-13-25(26)35(40)41/h9-10,12,15-16,18,20,24-26,28-29H,6-8,11,13-14,17,19H2,1-5H3,(H,40,41)/t24?,25-,26?,28-,29+,37-/m0/s1. The number of ketones is 2. The average Bonchev–Trinajstić information content (AvgIpc) is 3.00. The van der Waals surface area contributed by atoms with Gasteiger partial charge in [-0.2, -0.15) is 0 Å². The summed E-state index contributed by atoms with van der Waals surface area (Å²) in [5.74, 6) is -1.09. The van der Waals surface area contributed by atoms with Crippen LogP contribution in [0.25, 0.3) is 0 Å². The summed E-state index contributed by atoms with van der Waals surface area (Å²) in [5.41, 5.74) is 2.04. The van der Waals surface area contributed by atoms with Crippen molar-refractivity contribution >= 4 is 17.5 Å². The third-order valence-corrected chi connectivity index (χ3v) is 11.2. The fourth-order valence-electron chi connectivity index (χ4n) is 9.05. The van der Waals surface area contributed by atoms with Crippen LogP contribution in [-0.4, -0.2) is 36.4 Å². The zero-order valence-electron chi connectivity index (χ0n) is 26.5. The molecule has 1 aromatic rings. The maximum absolute atomic E-state index is 14.7. The van der Waals surface area contributed by atoms with Crippen molar-refractivity contribution < 1.29 is 33.7 Å². The third kappa shape index (κ3) is 4.74. The van der Waals surface area contributed by atoms with Crippen LogP contribution in [0.1, 0.15) is 71.8 Å². The van der Waals surface area contributed by atoms with Gasteiger partial charge in [-0.3, -0.25) is 14.4 Å². The first-order chi connectivity index (χ1) is 21.0. The average molecular weight is 601 g/mol. The maximum atomic E-state index is 14.7. The van der Waals surface area contributed by atoms with Crippen LogP contribution in [0, 0.1) is 40.4 Å². The summed E-state index contributed by atoms with van der Waals surface area (Å²) < 4.78 is 17.8. The Bertz CT molecular complexity index is 1510. The Morgan fingerprint density at radius 1 is 1.14 bits per heavy atom. The lowest BCUT2D eigenvalue weighted by molar-refractivity contribution is -0.147. The highest BCUT2D eigenvalue weighted by Gasteiger charge is 2.62. The van der Waals surface area contributed by atoms with Gasteiger partial charge in [-0.25, -0.2) is 0 Å². The molecule has 2 unspecified atom stereocenters. The van der Waals surface area contributed by atoms with Gasteiger partial charge in [0.05, 0.1) is 19.6 Å². The van der Waals surface area contributed by atoms with Crippen molar-refractivity contribution in [3.05, 3.63) is 70.7 Å². The molecular formula is C37H44O7. The molecule has 7 heteroatoms. The molecule has 0 spiro atoms. The fourth-order valence-corrected chi connectivity index (χ4v) is 9.05. The molecule has 0 saturated heterocycles. The van der Waals surface area contributed by atoms with E-state index in [1.165, 1.54) is 11.6 Å². The number of methoxy groups -OCH3 is 1. The Morgan fingerprint density at radius 2 is 1.93 bits per heavy atom. The van der Waals surface area contributed by atoms with E-state index in [0.29, 0.717) is 42.9 Å². The van der Waals surface area contributed by atoms with Gasteiger partial charge >= 0.3 is 5.97 Å². The zero-order chi connectivity index (χ0) is 31.4. The largest absolute Gasteiger partial charge is 0.497 e. The van der Waals surface area contributed by atoms with E-state index in [1.54, 1.807) is 14.0 Å². The Labute approximate surface area is 260 Å². The molecular weight excluding hydrogens is 556 g/mol. The summed E-state index contributed by atoms with van der Waals surface area (Å²) in [6.45, 7) is 8.65. The number of Topliss-reactive ketones (excluding diaryl/α,β-unsaturated/α-hetero) is 1. The molecule has 4 aliphatic carbocycles.